The van der Waals surface area contributed by atoms with Crippen molar-refractivity contribution in [2.45, 2.75) is 33.1 Å². The lowest BCUT2D eigenvalue weighted by molar-refractivity contribution is 0.288. The molecular formula is C15H20O2. The molecular weight excluding hydrogens is 212 g/mol. The second-order valence-corrected chi connectivity index (χ2v) is 4.30. The summed E-state index contributed by atoms with van der Waals surface area (Å²) >= 11 is 0. The number of hydrogen-bond acceptors (Lipinski definition) is 2. The van der Waals surface area contributed by atoms with Crippen LogP contribution in [-0.2, 0) is 0 Å². The van der Waals surface area contributed by atoms with Crippen molar-refractivity contribution in [2.75, 3.05) is 13.2 Å². The van der Waals surface area contributed by atoms with Gasteiger partial charge in [-0.2, -0.15) is 0 Å². The molecule has 1 aliphatic rings. The predicted molar refractivity (Wildman–Crippen MR) is 70.6 cm³/mol. The van der Waals surface area contributed by atoms with E-state index in [9.17, 15) is 0 Å². The highest BCUT2D eigenvalue weighted by Gasteiger charge is 2.15. The Balaban J connectivity index is 2.20. The van der Waals surface area contributed by atoms with Gasteiger partial charge in [0, 0.05) is 5.56 Å². The van der Waals surface area contributed by atoms with E-state index in [-0.39, 0.29) is 0 Å². The summed E-state index contributed by atoms with van der Waals surface area (Å²) in [7, 11) is 0. The Hall–Kier alpha value is -1.44. The predicted octanol–water partition coefficient (Wildman–Crippen LogP) is 4.05. The van der Waals surface area contributed by atoms with Crippen molar-refractivity contribution in [1.82, 2.24) is 0 Å². The fourth-order valence-electron chi connectivity index (χ4n) is 2.04. The summed E-state index contributed by atoms with van der Waals surface area (Å²) < 4.78 is 11.4. The van der Waals surface area contributed by atoms with E-state index in [4.69, 9.17) is 9.47 Å². The van der Waals surface area contributed by atoms with E-state index in [1.807, 2.05) is 19.1 Å². The van der Waals surface area contributed by atoms with Crippen LogP contribution in [0.15, 0.2) is 23.8 Å². The van der Waals surface area contributed by atoms with Crippen molar-refractivity contribution in [2.24, 2.45) is 0 Å². The molecule has 0 aromatic heterocycles. The third-order valence-electron chi connectivity index (χ3n) is 2.92. The summed E-state index contributed by atoms with van der Waals surface area (Å²) in [6.07, 6.45) is 5.84. The highest BCUT2D eigenvalue weighted by atomic mass is 16.5. The number of rotatable bonds is 5. The summed E-state index contributed by atoms with van der Waals surface area (Å²) in [5, 5.41) is 0. The van der Waals surface area contributed by atoms with Crippen LogP contribution in [0.5, 0.6) is 11.5 Å². The van der Waals surface area contributed by atoms with E-state index >= 15 is 0 Å². The zero-order valence-electron chi connectivity index (χ0n) is 10.7. The molecule has 2 heteroatoms. The summed E-state index contributed by atoms with van der Waals surface area (Å²) in [5.74, 6) is 1.75. The van der Waals surface area contributed by atoms with Crippen LogP contribution in [0.2, 0.25) is 0 Å². The average molecular weight is 232 g/mol. The van der Waals surface area contributed by atoms with Crippen molar-refractivity contribution in [3.63, 3.8) is 0 Å². The summed E-state index contributed by atoms with van der Waals surface area (Å²) in [5.41, 5.74) is 2.53. The lowest BCUT2D eigenvalue weighted by atomic mass is 10.0. The van der Waals surface area contributed by atoms with Crippen molar-refractivity contribution >= 4 is 6.08 Å². The monoisotopic (exact) mass is 232 g/mol. The van der Waals surface area contributed by atoms with Gasteiger partial charge in [0.25, 0.3) is 0 Å². The van der Waals surface area contributed by atoms with E-state index in [2.05, 4.69) is 19.1 Å². The molecule has 17 heavy (non-hydrogen) atoms. The highest BCUT2D eigenvalue weighted by Crippen LogP contribution is 2.36. The van der Waals surface area contributed by atoms with E-state index in [1.54, 1.807) is 0 Å². The van der Waals surface area contributed by atoms with Crippen LogP contribution >= 0.6 is 0 Å². The van der Waals surface area contributed by atoms with Gasteiger partial charge in [-0.05, 0) is 37.5 Å². The van der Waals surface area contributed by atoms with Crippen LogP contribution in [0, 0.1) is 0 Å². The van der Waals surface area contributed by atoms with Gasteiger partial charge in [0.1, 0.15) is 6.61 Å². The first-order valence-electron chi connectivity index (χ1n) is 6.43. The molecule has 1 aromatic carbocycles. The fourth-order valence-corrected chi connectivity index (χ4v) is 2.04. The molecule has 0 radical (unpaired) electrons. The number of para-hydroxylation sites is 1. The SMILES string of the molecule is CCCCC1=Cc2cccc(OCC)c2OC1. The normalized spacial score (nSPS) is 13.6. The van der Waals surface area contributed by atoms with Crippen LogP contribution < -0.4 is 9.47 Å². The first kappa shape index (κ1) is 12.0. The maximum Gasteiger partial charge on any atom is 0.168 e. The zero-order valence-corrected chi connectivity index (χ0v) is 10.7. The molecule has 2 nitrogen and oxygen atoms in total. The van der Waals surface area contributed by atoms with Crippen LogP contribution in [0.3, 0.4) is 0 Å². The Morgan fingerprint density at radius 1 is 1.29 bits per heavy atom. The number of fused-ring (bicyclic) bond motifs is 1. The van der Waals surface area contributed by atoms with Crippen molar-refractivity contribution in [3.8, 4) is 11.5 Å². The smallest absolute Gasteiger partial charge is 0.168 e. The van der Waals surface area contributed by atoms with Crippen LogP contribution in [0.1, 0.15) is 38.7 Å². The van der Waals surface area contributed by atoms with Gasteiger partial charge >= 0.3 is 0 Å². The van der Waals surface area contributed by atoms with Gasteiger partial charge in [-0.25, -0.2) is 0 Å². The molecule has 92 valence electrons. The minimum Gasteiger partial charge on any atom is -0.490 e. The average Bonchev–Trinajstić information content (AvgIpc) is 2.37. The zero-order chi connectivity index (χ0) is 12.1. The molecule has 0 amide bonds. The first-order valence-corrected chi connectivity index (χ1v) is 6.43. The number of ether oxygens (including phenoxy) is 2. The van der Waals surface area contributed by atoms with Gasteiger partial charge in [0.2, 0.25) is 0 Å². The van der Waals surface area contributed by atoms with Gasteiger partial charge in [-0.1, -0.05) is 25.5 Å². The molecule has 1 aromatic rings. The van der Waals surface area contributed by atoms with E-state index in [1.165, 1.54) is 18.4 Å². The molecule has 0 spiro atoms. The van der Waals surface area contributed by atoms with Gasteiger partial charge < -0.3 is 9.47 Å². The quantitative estimate of drug-likeness (QED) is 0.762. The van der Waals surface area contributed by atoms with Gasteiger partial charge in [-0.3, -0.25) is 0 Å². The summed E-state index contributed by atoms with van der Waals surface area (Å²) in [6.45, 7) is 5.58. The highest BCUT2D eigenvalue weighted by molar-refractivity contribution is 5.66. The molecule has 0 unspecified atom stereocenters. The van der Waals surface area contributed by atoms with E-state index < -0.39 is 0 Å². The Bertz CT molecular complexity index is 407. The lowest BCUT2D eigenvalue weighted by Gasteiger charge is -2.20. The van der Waals surface area contributed by atoms with Crippen molar-refractivity contribution in [1.29, 1.82) is 0 Å². The second kappa shape index (κ2) is 5.76. The second-order valence-electron chi connectivity index (χ2n) is 4.30. The Kier molecular flexibility index (Phi) is 4.08. The molecule has 2 rings (SSSR count). The molecule has 0 fully saturated rings. The molecule has 1 heterocycles. The third kappa shape index (κ3) is 2.82. The maximum absolute atomic E-state index is 5.82. The molecule has 0 bridgehead atoms. The first-order chi connectivity index (χ1) is 8.35. The van der Waals surface area contributed by atoms with Crippen LogP contribution in [0.25, 0.3) is 6.08 Å². The Morgan fingerprint density at radius 3 is 2.94 bits per heavy atom. The van der Waals surface area contributed by atoms with Crippen LogP contribution in [-0.4, -0.2) is 13.2 Å². The molecule has 1 aliphatic heterocycles. The fraction of sp³-hybridized carbons (Fsp3) is 0.467. The Morgan fingerprint density at radius 2 is 2.18 bits per heavy atom. The van der Waals surface area contributed by atoms with Gasteiger partial charge in [-0.15, -0.1) is 0 Å². The van der Waals surface area contributed by atoms with E-state index in [0.717, 1.165) is 23.5 Å². The molecule has 0 aliphatic carbocycles. The number of hydrogen-bond donors (Lipinski definition) is 0. The minimum absolute atomic E-state index is 0.673. The topological polar surface area (TPSA) is 18.5 Å². The molecule has 0 N–H and O–H groups in total. The third-order valence-corrected chi connectivity index (χ3v) is 2.92. The van der Waals surface area contributed by atoms with Crippen LogP contribution in [0.4, 0.5) is 0 Å². The largest absolute Gasteiger partial charge is 0.490 e. The maximum atomic E-state index is 5.82. The molecule has 0 saturated heterocycles. The summed E-state index contributed by atoms with van der Waals surface area (Å²) in [6, 6.07) is 6.07. The van der Waals surface area contributed by atoms with Gasteiger partial charge in [0.05, 0.1) is 6.61 Å². The number of unbranched alkanes of at least 4 members (excludes halogenated alkanes) is 1. The summed E-state index contributed by atoms with van der Waals surface area (Å²) in [4.78, 5) is 0. The van der Waals surface area contributed by atoms with Gasteiger partial charge in [0.15, 0.2) is 11.5 Å². The van der Waals surface area contributed by atoms with Crippen molar-refractivity contribution < 1.29 is 9.47 Å². The Labute approximate surface area is 103 Å². The number of benzene rings is 1. The van der Waals surface area contributed by atoms with Crippen molar-refractivity contribution in [3.05, 3.63) is 29.3 Å². The standard InChI is InChI=1S/C15H20O2/c1-3-5-7-12-10-13-8-6-9-14(16-4-2)15(13)17-11-12/h6,8-10H,3-5,7,11H2,1-2H3. The lowest BCUT2D eigenvalue weighted by Crippen LogP contribution is -2.09. The molecule has 0 atom stereocenters. The van der Waals surface area contributed by atoms with E-state index in [0.29, 0.717) is 13.2 Å². The molecule has 0 saturated carbocycles. The minimum atomic E-state index is 0.673.